The summed E-state index contributed by atoms with van der Waals surface area (Å²) in [5, 5.41) is -0.233. The molecule has 2 aromatic carbocycles. The van der Waals surface area contributed by atoms with Gasteiger partial charge in [-0.05, 0) is 60.2 Å². The van der Waals surface area contributed by atoms with E-state index >= 15 is 0 Å². The number of thioether (sulfide) groups is 1. The molecule has 2 aliphatic heterocycles. The highest BCUT2D eigenvalue weighted by Crippen LogP contribution is 2.34. The zero-order chi connectivity index (χ0) is 22.7. The molecule has 0 aliphatic carbocycles. The summed E-state index contributed by atoms with van der Waals surface area (Å²) >= 11 is 0.977. The minimum absolute atomic E-state index is 0.233. The highest BCUT2D eigenvalue weighted by Gasteiger charge is 2.36. The van der Waals surface area contributed by atoms with E-state index in [1.807, 2.05) is 6.07 Å². The lowest BCUT2D eigenvalue weighted by Crippen LogP contribution is -2.50. The molecule has 0 unspecified atom stereocenters. The quantitative estimate of drug-likeness (QED) is 0.616. The lowest BCUT2D eigenvalue weighted by atomic mass is 10.2. The maximum absolute atomic E-state index is 12.9. The van der Waals surface area contributed by atoms with Crippen LogP contribution in [-0.2, 0) is 4.79 Å². The van der Waals surface area contributed by atoms with Gasteiger partial charge in [0.1, 0.15) is 0 Å². The van der Waals surface area contributed by atoms with Gasteiger partial charge in [-0.15, -0.1) is 0 Å². The van der Waals surface area contributed by atoms with E-state index in [2.05, 4.69) is 41.0 Å². The Morgan fingerprint density at radius 3 is 2.41 bits per heavy atom. The average molecular weight is 454 g/mol. The van der Waals surface area contributed by atoms with Crippen molar-refractivity contribution in [3.05, 3.63) is 58.5 Å². The summed E-state index contributed by atoms with van der Waals surface area (Å²) in [6.45, 7) is 5.72. The summed E-state index contributed by atoms with van der Waals surface area (Å²) in [6, 6.07) is 13.9. The Kier molecular flexibility index (Phi) is 6.72. The number of hydrogen-bond acceptors (Lipinski definition) is 7. The number of carbonyl (C=O) groups is 2. The van der Waals surface area contributed by atoms with Crippen molar-refractivity contribution in [2.75, 3.05) is 52.0 Å². The van der Waals surface area contributed by atoms with E-state index in [0.29, 0.717) is 23.1 Å². The third-order valence-electron chi connectivity index (χ3n) is 5.66. The van der Waals surface area contributed by atoms with E-state index in [1.165, 1.54) is 16.2 Å². The van der Waals surface area contributed by atoms with Crippen LogP contribution in [0.3, 0.4) is 0 Å². The molecule has 2 heterocycles. The lowest BCUT2D eigenvalue weighted by molar-refractivity contribution is -0.124. The molecule has 2 amide bonds. The van der Waals surface area contributed by atoms with Crippen LogP contribution in [0.4, 0.5) is 10.5 Å². The molecule has 8 heteroatoms. The zero-order valence-electron chi connectivity index (χ0n) is 18.5. The number of anilines is 1. The first-order valence-corrected chi connectivity index (χ1v) is 11.3. The van der Waals surface area contributed by atoms with Crippen molar-refractivity contribution in [3.8, 4) is 11.5 Å². The Morgan fingerprint density at radius 2 is 1.72 bits per heavy atom. The van der Waals surface area contributed by atoms with Crippen molar-refractivity contribution >= 4 is 34.7 Å². The van der Waals surface area contributed by atoms with Crippen molar-refractivity contribution in [1.82, 2.24) is 9.80 Å². The number of imide groups is 1. The second-order valence-corrected chi connectivity index (χ2v) is 8.80. The highest BCUT2D eigenvalue weighted by molar-refractivity contribution is 8.18. The largest absolute Gasteiger partial charge is 0.493 e. The van der Waals surface area contributed by atoms with E-state index in [9.17, 15) is 9.59 Å². The number of rotatable bonds is 6. The molecule has 2 saturated heterocycles. The Hall–Kier alpha value is -2.97. The number of methoxy groups -OCH3 is 2. The van der Waals surface area contributed by atoms with Crippen LogP contribution >= 0.6 is 11.8 Å². The minimum Gasteiger partial charge on any atom is -0.493 e. The molecule has 32 heavy (non-hydrogen) atoms. The highest BCUT2D eigenvalue weighted by atomic mass is 32.2. The number of piperazine rings is 1. The fourth-order valence-corrected chi connectivity index (χ4v) is 4.72. The minimum atomic E-state index is -0.254. The van der Waals surface area contributed by atoms with Gasteiger partial charge in [0.15, 0.2) is 11.5 Å². The van der Waals surface area contributed by atoms with Gasteiger partial charge in [-0.3, -0.25) is 19.4 Å². The number of carbonyl (C=O) groups excluding carboxylic acids is 2. The van der Waals surface area contributed by atoms with Gasteiger partial charge in [-0.2, -0.15) is 0 Å². The van der Waals surface area contributed by atoms with E-state index < -0.39 is 0 Å². The second-order valence-electron chi connectivity index (χ2n) is 7.81. The molecule has 0 N–H and O–H groups in total. The molecule has 0 aromatic heterocycles. The van der Waals surface area contributed by atoms with Crippen molar-refractivity contribution in [3.63, 3.8) is 0 Å². The third kappa shape index (κ3) is 4.76. The van der Waals surface area contributed by atoms with Crippen LogP contribution in [-0.4, -0.2) is 68.0 Å². The monoisotopic (exact) mass is 453 g/mol. The van der Waals surface area contributed by atoms with Gasteiger partial charge in [-0.25, -0.2) is 0 Å². The summed E-state index contributed by atoms with van der Waals surface area (Å²) in [4.78, 5) is 31.7. The fraction of sp³-hybridized carbons (Fsp3) is 0.333. The smallest absolute Gasteiger partial charge is 0.294 e. The van der Waals surface area contributed by atoms with Crippen LogP contribution in [0.1, 0.15) is 11.1 Å². The molecule has 2 aliphatic rings. The Morgan fingerprint density at radius 1 is 0.969 bits per heavy atom. The van der Waals surface area contributed by atoms with E-state index in [4.69, 9.17) is 9.47 Å². The number of ether oxygens (including phenoxy) is 2. The van der Waals surface area contributed by atoms with Crippen LogP contribution < -0.4 is 14.4 Å². The summed E-state index contributed by atoms with van der Waals surface area (Å²) < 4.78 is 10.6. The van der Waals surface area contributed by atoms with E-state index in [0.717, 1.165) is 43.5 Å². The summed E-state index contributed by atoms with van der Waals surface area (Å²) in [6.07, 6.45) is 1.72. The predicted molar refractivity (Wildman–Crippen MR) is 127 cm³/mol. The first kappa shape index (κ1) is 22.2. The van der Waals surface area contributed by atoms with Gasteiger partial charge < -0.3 is 14.4 Å². The first-order chi connectivity index (χ1) is 15.5. The van der Waals surface area contributed by atoms with Crippen LogP contribution in [0, 0.1) is 6.92 Å². The summed E-state index contributed by atoms with van der Waals surface area (Å²) in [5.41, 5.74) is 3.23. The molecule has 168 valence electrons. The molecule has 7 nitrogen and oxygen atoms in total. The number of hydrogen-bond donors (Lipinski definition) is 0. The lowest BCUT2D eigenvalue weighted by Gasteiger charge is -2.37. The predicted octanol–water partition coefficient (Wildman–Crippen LogP) is 3.83. The molecule has 4 rings (SSSR count). The van der Waals surface area contributed by atoms with Crippen molar-refractivity contribution in [1.29, 1.82) is 0 Å². The summed E-state index contributed by atoms with van der Waals surface area (Å²) in [7, 11) is 3.14. The average Bonchev–Trinajstić information content (AvgIpc) is 3.06. The van der Waals surface area contributed by atoms with Gasteiger partial charge in [0.25, 0.3) is 11.1 Å². The second kappa shape index (κ2) is 9.67. The Labute approximate surface area is 192 Å². The molecular formula is C24H27N3O4S. The molecule has 0 saturated carbocycles. The molecule has 0 bridgehead atoms. The SMILES string of the molecule is COc1ccc(/C=C2\SC(=O)N(CN3CCN(c4cccc(C)c4)CC3)C2=O)cc1OC. The van der Waals surface area contributed by atoms with Crippen molar-refractivity contribution < 1.29 is 19.1 Å². The van der Waals surface area contributed by atoms with Gasteiger partial charge in [-0.1, -0.05) is 18.2 Å². The molecule has 2 fully saturated rings. The molecule has 0 radical (unpaired) electrons. The van der Waals surface area contributed by atoms with Gasteiger partial charge >= 0.3 is 0 Å². The Balaban J connectivity index is 1.39. The zero-order valence-corrected chi connectivity index (χ0v) is 19.4. The normalized spacial score (nSPS) is 18.5. The fourth-order valence-electron chi connectivity index (χ4n) is 3.89. The van der Waals surface area contributed by atoms with Crippen LogP contribution in [0.25, 0.3) is 6.08 Å². The molecule has 2 aromatic rings. The van der Waals surface area contributed by atoms with Crippen LogP contribution in [0.15, 0.2) is 47.4 Å². The van der Waals surface area contributed by atoms with Gasteiger partial charge in [0, 0.05) is 31.9 Å². The van der Waals surface area contributed by atoms with Crippen molar-refractivity contribution in [2.45, 2.75) is 6.92 Å². The molecule has 0 spiro atoms. The number of amides is 2. The molecule has 0 atom stereocenters. The standard InChI is InChI=1S/C24H27N3O4S/c1-17-5-4-6-19(13-17)26-11-9-25(10-12-26)16-27-23(28)22(32-24(27)29)15-18-7-8-20(30-2)21(14-18)31-3/h4-8,13-15H,9-12,16H2,1-3H3/b22-15-. The maximum Gasteiger partial charge on any atom is 0.294 e. The van der Waals surface area contributed by atoms with E-state index in [1.54, 1.807) is 32.4 Å². The summed E-state index contributed by atoms with van der Waals surface area (Å²) in [5.74, 6) is 0.936. The first-order valence-electron chi connectivity index (χ1n) is 10.5. The van der Waals surface area contributed by atoms with Crippen LogP contribution in [0.2, 0.25) is 0 Å². The third-order valence-corrected chi connectivity index (χ3v) is 6.57. The number of aryl methyl sites for hydroxylation is 1. The number of benzene rings is 2. The topological polar surface area (TPSA) is 62.3 Å². The van der Waals surface area contributed by atoms with Crippen LogP contribution in [0.5, 0.6) is 11.5 Å². The van der Waals surface area contributed by atoms with Gasteiger partial charge in [0.2, 0.25) is 0 Å². The van der Waals surface area contributed by atoms with E-state index in [-0.39, 0.29) is 11.1 Å². The van der Waals surface area contributed by atoms with Crippen molar-refractivity contribution in [2.24, 2.45) is 0 Å². The number of nitrogens with zero attached hydrogens (tertiary/aromatic N) is 3. The molecular weight excluding hydrogens is 426 g/mol. The Bertz CT molecular complexity index is 1050. The maximum atomic E-state index is 12.9. The van der Waals surface area contributed by atoms with Gasteiger partial charge in [0.05, 0.1) is 25.8 Å².